The van der Waals surface area contributed by atoms with Gasteiger partial charge in [-0.2, -0.15) is 13.2 Å². The molecule has 0 atom stereocenters. The SMILES string of the molecule is O=c1n(Cc2ccccc2)c2nc(-c3ccccc3)cc(C(F)(F)F)c2n1Cc1cc(-c2ccc(F)cc2F)no1. The Morgan fingerprint density at radius 2 is 1.49 bits per heavy atom. The van der Waals surface area contributed by atoms with Gasteiger partial charge in [0.2, 0.25) is 0 Å². The van der Waals surface area contributed by atoms with Crippen LogP contribution in [0.5, 0.6) is 0 Å². The van der Waals surface area contributed by atoms with Gasteiger partial charge in [0.25, 0.3) is 0 Å². The molecule has 0 aliphatic heterocycles. The van der Waals surface area contributed by atoms with E-state index < -0.39 is 41.1 Å². The van der Waals surface area contributed by atoms with Crippen LogP contribution in [0.2, 0.25) is 0 Å². The van der Waals surface area contributed by atoms with Crippen molar-refractivity contribution in [2.24, 2.45) is 0 Å². The highest BCUT2D eigenvalue weighted by Gasteiger charge is 2.37. The van der Waals surface area contributed by atoms with Gasteiger partial charge >= 0.3 is 11.9 Å². The van der Waals surface area contributed by atoms with Crippen LogP contribution in [0.3, 0.4) is 0 Å². The Hall–Kier alpha value is -5.06. The summed E-state index contributed by atoms with van der Waals surface area (Å²) in [5, 5.41) is 3.78. The Labute approximate surface area is 228 Å². The first-order valence-electron chi connectivity index (χ1n) is 12.4. The lowest BCUT2D eigenvalue weighted by atomic mass is 10.1. The van der Waals surface area contributed by atoms with E-state index in [1.54, 1.807) is 60.7 Å². The topological polar surface area (TPSA) is 65.8 Å². The van der Waals surface area contributed by atoms with Crippen LogP contribution in [0.1, 0.15) is 16.9 Å². The van der Waals surface area contributed by atoms with Gasteiger partial charge in [0.15, 0.2) is 11.4 Å². The first kappa shape index (κ1) is 26.2. The van der Waals surface area contributed by atoms with E-state index in [1.807, 2.05) is 0 Å². The molecule has 0 saturated heterocycles. The first-order valence-corrected chi connectivity index (χ1v) is 12.4. The molecule has 0 amide bonds. The molecule has 0 N–H and O–H groups in total. The fourth-order valence-corrected chi connectivity index (χ4v) is 4.71. The van der Waals surface area contributed by atoms with E-state index in [-0.39, 0.29) is 34.9 Å². The molecular formula is C30H19F5N4O2. The fraction of sp³-hybridized carbons (Fsp3) is 0.100. The Balaban J connectivity index is 1.55. The van der Waals surface area contributed by atoms with Crippen molar-refractivity contribution in [2.45, 2.75) is 19.3 Å². The van der Waals surface area contributed by atoms with Crippen LogP contribution in [0.4, 0.5) is 22.0 Å². The summed E-state index contributed by atoms with van der Waals surface area (Å²) < 4.78 is 78.7. The Morgan fingerprint density at radius 1 is 0.780 bits per heavy atom. The van der Waals surface area contributed by atoms with Crippen molar-refractivity contribution in [3.8, 4) is 22.5 Å². The van der Waals surface area contributed by atoms with Crippen molar-refractivity contribution < 1.29 is 26.5 Å². The minimum absolute atomic E-state index is 0.000827. The van der Waals surface area contributed by atoms with Crippen molar-refractivity contribution >= 4 is 11.2 Å². The monoisotopic (exact) mass is 562 g/mol. The second-order valence-electron chi connectivity index (χ2n) is 9.33. The zero-order valence-electron chi connectivity index (χ0n) is 21.1. The van der Waals surface area contributed by atoms with Crippen LogP contribution >= 0.6 is 0 Å². The maximum Gasteiger partial charge on any atom is 0.418 e. The van der Waals surface area contributed by atoms with Crippen molar-refractivity contribution in [3.05, 3.63) is 130 Å². The summed E-state index contributed by atoms with van der Waals surface area (Å²) in [5.74, 6) is -1.68. The van der Waals surface area contributed by atoms with Crippen LogP contribution in [-0.4, -0.2) is 19.3 Å². The minimum atomic E-state index is -4.83. The average molecular weight is 562 g/mol. The van der Waals surface area contributed by atoms with E-state index in [1.165, 1.54) is 16.7 Å². The molecule has 3 aromatic carbocycles. The smallest absolute Gasteiger partial charge is 0.359 e. The number of hydrogen-bond acceptors (Lipinski definition) is 4. The molecule has 206 valence electrons. The molecule has 3 aromatic heterocycles. The van der Waals surface area contributed by atoms with Crippen molar-refractivity contribution in [1.82, 2.24) is 19.3 Å². The summed E-state index contributed by atoms with van der Waals surface area (Å²) >= 11 is 0. The van der Waals surface area contributed by atoms with Crippen LogP contribution in [0.25, 0.3) is 33.7 Å². The number of alkyl halides is 3. The highest BCUT2D eigenvalue weighted by Crippen LogP contribution is 2.37. The van der Waals surface area contributed by atoms with Crippen LogP contribution in [0.15, 0.2) is 100 Å². The average Bonchev–Trinajstić information content (AvgIpc) is 3.52. The zero-order chi connectivity index (χ0) is 28.7. The first-order chi connectivity index (χ1) is 19.7. The van der Waals surface area contributed by atoms with Crippen molar-refractivity contribution in [3.63, 3.8) is 0 Å². The van der Waals surface area contributed by atoms with Gasteiger partial charge in [-0.05, 0) is 23.8 Å². The predicted octanol–water partition coefficient (Wildman–Crippen LogP) is 6.91. The molecule has 0 fully saturated rings. The standard InChI is InChI=1S/C30H19F5N4O2/c31-20-11-12-22(24(32)13-20)26-14-21(41-37-26)17-38-27-23(30(33,34)35)15-25(19-9-5-2-6-10-19)36-28(27)39(29(38)40)16-18-7-3-1-4-8-18/h1-15H,16-17H2. The molecule has 6 rings (SSSR count). The second kappa shape index (κ2) is 10.2. The van der Waals surface area contributed by atoms with Gasteiger partial charge in [-0.1, -0.05) is 65.8 Å². The number of imidazole rings is 1. The van der Waals surface area contributed by atoms with Gasteiger partial charge in [0.1, 0.15) is 22.8 Å². The van der Waals surface area contributed by atoms with E-state index in [2.05, 4.69) is 10.1 Å². The normalized spacial score (nSPS) is 11.8. The number of nitrogens with zero attached hydrogens (tertiary/aromatic N) is 4. The number of rotatable bonds is 6. The molecule has 0 radical (unpaired) electrons. The van der Waals surface area contributed by atoms with E-state index in [4.69, 9.17) is 4.52 Å². The number of benzene rings is 3. The number of aromatic nitrogens is 4. The third kappa shape index (κ3) is 5.02. The highest BCUT2D eigenvalue weighted by molar-refractivity contribution is 5.81. The molecule has 6 aromatic rings. The van der Waals surface area contributed by atoms with Crippen LogP contribution in [0, 0.1) is 11.6 Å². The molecule has 0 bridgehead atoms. The summed E-state index contributed by atoms with van der Waals surface area (Å²) in [5.41, 5.74) is -1.26. The van der Waals surface area contributed by atoms with E-state index in [0.717, 1.165) is 16.7 Å². The fourth-order valence-electron chi connectivity index (χ4n) is 4.71. The lowest BCUT2D eigenvalue weighted by Crippen LogP contribution is -2.25. The van der Waals surface area contributed by atoms with Gasteiger partial charge in [-0.3, -0.25) is 9.13 Å². The second-order valence-corrected chi connectivity index (χ2v) is 9.33. The largest absolute Gasteiger partial charge is 0.418 e. The molecule has 0 unspecified atom stereocenters. The van der Waals surface area contributed by atoms with Gasteiger partial charge in [-0.15, -0.1) is 0 Å². The summed E-state index contributed by atoms with van der Waals surface area (Å²) in [6.07, 6.45) is -4.83. The van der Waals surface area contributed by atoms with Crippen LogP contribution < -0.4 is 5.69 Å². The van der Waals surface area contributed by atoms with Gasteiger partial charge in [0.05, 0.1) is 24.3 Å². The zero-order valence-corrected chi connectivity index (χ0v) is 21.1. The predicted molar refractivity (Wildman–Crippen MR) is 141 cm³/mol. The number of halogens is 5. The maximum absolute atomic E-state index is 14.5. The molecular weight excluding hydrogens is 543 g/mol. The number of hydrogen-bond donors (Lipinski definition) is 0. The molecule has 6 nitrogen and oxygen atoms in total. The van der Waals surface area contributed by atoms with Gasteiger partial charge in [-0.25, -0.2) is 18.6 Å². The minimum Gasteiger partial charge on any atom is -0.359 e. The molecule has 11 heteroatoms. The maximum atomic E-state index is 14.5. The quantitative estimate of drug-likeness (QED) is 0.207. The van der Waals surface area contributed by atoms with E-state index in [0.29, 0.717) is 17.2 Å². The van der Waals surface area contributed by atoms with Crippen molar-refractivity contribution in [1.29, 1.82) is 0 Å². The summed E-state index contributed by atoms with van der Waals surface area (Å²) in [6, 6.07) is 22.3. The van der Waals surface area contributed by atoms with Gasteiger partial charge in [0, 0.05) is 23.3 Å². The summed E-state index contributed by atoms with van der Waals surface area (Å²) in [6.45, 7) is -0.476. The highest BCUT2D eigenvalue weighted by atomic mass is 19.4. The summed E-state index contributed by atoms with van der Waals surface area (Å²) in [4.78, 5) is 18.3. The third-order valence-electron chi connectivity index (χ3n) is 6.60. The van der Waals surface area contributed by atoms with Crippen molar-refractivity contribution in [2.75, 3.05) is 0 Å². The molecule has 0 aliphatic rings. The van der Waals surface area contributed by atoms with Gasteiger partial charge < -0.3 is 4.52 Å². The van der Waals surface area contributed by atoms with E-state index >= 15 is 0 Å². The lowest BCUT2D eigenvalue weighted by molar-refractivity contribution is -0.136. The molecule has 41 heavy (non-hydrogen) atoms. The third-order valence-corrected chi connectivity index (χ3v) is 6.60. The molecule has 3 heterocycles. The number of fused-ring (bicyclic) bond motifs is 1. The van der Waals surface area contributed by atoms with Crippen LogP contribution in [-0.2, 0) is 19.3 Å². The Bertz CT molecular complexity index is 1930. The summed E-state index contributed by atoms with van der Waals surface area (Å²) in [7, 11) is 0. The Kier molecular flexibility index (Phi) is 6.49. The number of pyridine rings is 1. The molecule has 0 saturated carbocycles. The molecule has 0 spiro atoms. The Morgan fingerprint density at radius 3 is 2.17 bits per heavy atom. The lowest BCUT2D eigenvalue weighted by Gasteiger charge is -2.13. The van der Waals surface area contributed by atoms with E-state index in [9.17, 15) is 26.7 Å². The molecule has 0 aliphatic carbocycles.